The first-order valence-electron chi connectivity index (χ1n) is 9.05. The van der Waals surface area contributed by atoms with Crippen LogP contribution in [-0.4, -0.2) is 29.3 Å². The Morgan fingerprint density at radius 3 is 2.39 bits per heavy atom. The number of carbonyl (C=O) groups excluding carboxylic acids is 1. The monoisotopic (exact) mass is 379 g/mol. The molecule has 1 N–H and O–H groups in total. The number of carbonyl (C=O) groups is 1. The maximum absolute atomic E-state index is 12.4. The summed E-state index contributed by atoms with van der Waals surface area (Å²) >= 11 is 0. The van der Waals surface area contributed by atoms with E-state index in [1.54, 1.807) is 30.3 Å². The second kappa shape index (κ2) is 6.99. The maximum atomic E-state index is 12.4. The van der Waals surface area contributed by atoms with E-state index in [0.29, 0.717) is 35.8 Å². The van der Waals surface area contributed by atoms with E-state index in [1.165, 1.54) is 0 Å². The zero-order valence-corrected chi connectivity index (χ0v) is 16.0. The predicted molar refractivity (Wildman–Crippen MR) is 104 cm³/mol. The van der Waals surface area contributed by atoms with E-state index in [1.807, 2.05) is 12.1 Å². The topological polar surface area (TPSA) is 86.5 Å². The molecule has 1 aliphatic rings. The van der Waals surface area contributed by atoms with Crippen LogP contribution in [0.4, 0.5) is 6.01 Å². The number of hydrogen-bond donors (Lipinski definition) is 1. The van der Waals surface area contributed by atoms with Gasteiger partial charge in [0.25, 0.3) is 5.91 Å². The molecule has 0 aliphatic carbocycles. The minimum Gasteiger partial charge on any atom is -0.486 e. The summed E-state index contributed by atoms with van der Waals surface area (Å²) < 4.78 is 16.6. The Kier molecular flexibility index (Phi) is 4.50. The third-order valence-electron chi connectivity index (χ3n) is 4.45. The van der Waals surface area contributed by atoms with Crippen LogP contribution in [0.5, 0.6) is 11.5 Å². The fraction of sp³-hybridized carbons (Fsp3) is 0.286. The molecule has 0 spiro atoms. The second-order valence-corrected chi connectivity index (χ2v) is 7.55. The van der Waals surface area contributed by atoms with Crippen LogP contribution in [0, 0.1) is 0 Å². The molecular weight excluding hydrogens is 358 g/mol. The van der Waals surface area contributed by atoms with Crippen LogP contribution in [0.1, 0.15) is 36.7 Å². The molecule has 4 rings (SSSR count). The summed E-state index contributed by atoms with van der Waals surface area (Å²) in [6.45, 7) is 7.40. The van der Waals surface area contributed by atoms with Crippen LogP contribution < -0.4 is 14.8 Å². The highest BCUT2D eigenvalue weighted by Crippen LogP contribution is 2.34. The molecule has 1 amide bonds. The highest BCUT2D eigenvalue weighted by molar-refractivity contribution is 6.03. The number of rotatable bonds is 3. The summed E-state index contributed by atoms with van der Waals surface area (Å²) in [5.74, 6) is 1.29. The molecule has 7 heteroatoms. The van der Waals surface area contributed by atoms with Gasteiger partial charge in [-0.05, 0) is 41.3 Å². The van der Waals surface area contributed by atoms with Crippen molar-refractivity contribution in [3.8, 4) is 23.0 Å². The molecule has 0 unspecified atom stereocenters. The van der Waals surface area contributed by atoms with Crippen molar-refractivity contribution in [2.24, 2.45) is 0 Å². The minimum absolute atomic E-state index is 0.0278. The van der Waals surface area contributed by atoms with Gasteiger partial charge in [0, 0.05) is 11.1 Å². The molecule has 0 saturated carbocycles. The molecule has 3 aromatic rings. The van der Waals surface area contributed by atoms with Crippen LogP contribution in [0.2, 0.25) is 0 Å². The van der Waals surface area contributed by atoms with E-state index in [4.69, 9.17) is 13.9 Å². The highest BCUT2D eigenvalue weighted by atomic mass is 16.6. The number of anilines is 1. The van der Waals surface area contributed by atoms with Crippen LogP contribution in [0.25, 0.3) is 11.5 Å². The van der Waals surface area contributed by atoms with Gasteiger partial charge in [-0.3, -0.25) is 10.1 Å². The molecule has 0 atom stereocenters. The molecule has 1 aromatic heterocycles. The Morgan fingerprint density at radius 2 is 1.68 bits per heavy atom. The van der Waals surface area contributed by atoms with E-state index < -0.39 is 0 Å². The van der Waals surface area contributed by atoms with Crippen molar-refractivity contribution in [2.45, 2.75) is 26.2 Å². The van der Waals surface area contributed by atoms with Crippen LogP contribution in [0.15, 0.2) is 46.9 Å². The lowest BCUT2D eigenvalue weighted by Gasteiger charge is -2.18. The van der Waals surface area contributed by atoms with Crippen molar-refractivity contribution >= 4 is 11.9 Å². The third kappa shape index (κ3) is 3.69. The number of ether oxygens (including phenoxy) is 2. The normalized spacial score (nSPS) is 13.2. The molecule has 0 saturated heterocycles. The van der Waals surface area contributed by atoms with Gasteiger partial charge in [-0.25, -0.2) is 0 Å². The molecule has 0 fully saturated rings. The first-order chi connectivity index (χ1) is 13.4. The molecule has 0 bridgehead atoms. The lowest BCUT2D eigenvalue weighted by Crippen LogP contribution is -2.15. The Morgan fingerprint density at radius 1 is 0.964 bits per heavy atom. The first-order valence-corrected chi connectivity index (χ1v) is 9.05. The molecule has 28 heavy (non-hydrogen) atoms. The summed E-state index contributed by atoms with van der Waals surface area (Å²) in [6.07, 6.45) is 0. The highest BCUT2D eigenvalue weighted by Gasteiger charge is 2.18. The molecule has 0 radical (unpaired) electrons. The number of nitrogens with zero attached hydrogens (tertiary/aromatic N) is 2. The maximum Gasteiger partial charge on any atom is 0.322 e. The zero-order valence-electron chi connectivity index (χ0n) is 16.0. The largest absolute Gasteiger partial charge is 0.486 e. The van der Waals surface area contributed by atoms with Gasteiger partial charge in [0.1, 0.15) is 13.2 Å². The first kappa shape index (κ1) is 18.0. The Hall–Kier alpha value is -3.35. The zero-order chi connectivity index (χ0) is 19.7. The van der Waals surface area contributed by atoms with Gasteiger partial charge < -0.3 is 13.9 Å². The molecule has 1 aliphatic heterocycles. The van der Waals surface area contributed by atoms with Gasteiger partial charge in [0.05, 0.1) is 0 Å². The van der Waals surface area contributed by atoms with E-state index in [-0.39, 0.29) is 23.2 Å². The second-order valence-electron chi connectivity index (χ2n) is 7.55. The minimum atomic E-state index is -0.308. The van der Waals surface area contributed by atoms with Crippen molar-refractivity contribution in [3.05, 3.63) is 53.6 Å². The van der Waals surface area contributed by atoms with E-state index in [9.17, 15) is 4.79 Å². The third-order valence-corrected chi connectivity index (χ3v) is 4.45. The van der Waals surface area contributed by atoms with Gasteiger partial charge in [-0.15, -0.1) is 5.10 Å². The number of amides is 1. The summed E-state index contributed by atoms with van der Waals surface area (Å²) in [5.41, 5.74) is 2.39. The SMILES string of the molecule is CC(C)(C)c1ccc(C(=O)Nc2nnc(-c3ccc4c(c3)OCCO4)o2)cc1. The Bertz CT molecular complexity index is 1000. The lowest BCUT2D eigenvalue weighted by molar-refractivity contribution is 0.102. The smallest absolute Gasteiger partial charge is 0.322 e. The van der Waals surface area contributed by atoms with Crippen LogP contribution in [-0.2, 0) is 5.41 Å². The van der Waals surface area contributed by atoms with Gasteiger partial charge in [0.2, 0.25) is 5.89 Å². The molecular formula is C21H21N3O4. The standard InChI is InChI=1S/C21H21N3O4/c1-21(2,3)15-7-4-13(5-8-15)18(25)22-20-24-23-19(28-20)14-6-9-16-17(12-14)27-11-10-26-16/h4-9,12H,10-11H2,1-3H3,(H,22,24,25). The molecule has 7 nitrogen and oxygen atoms in total. The van der Waals surface area contributed by atoms with E-state index in [2.05, 4.69) is 36.3 Å². The van der Waals surface area contributed by atoms with Gasteiger partial charge >= 0.3 is 6.01 Å². The van der Waals surface area contributed by atoms with E-state index >= 15 is 0 Å². The average Bonchev–Trinajstić information content (AvgIpc) is 3.15. The van der Waals surface area contributed by atoms with Crippen molar-refractivity contribution in [1.82, 2.24) is 10.2 Å². The number of fused-ring (bicyclic) bond motifs is 1. The Balaban J connectivity index is 1.48. The van der Waals surface area contributed by atoms with Gasteiger partial charge in [0.15, 0.2) is 11.5 Å². The van der Waals surface area contributed by atoms with Gasteiger partial charge in [-0.1, -0.05) is 38.0 Å². The fourth-order valence-corrected chi connectivity index (χ4v) is 2.86. The Labute approximate surface area is 162 Å². The quantitative estimate of drug-likeness (QED) is 0.739. The summed E-state index contributed by atoms with van der Waals surface area (Å²) in [4.78, 5) is 12.4. The number of hydrogen-bond acceptors (Lipinski definition) is 6. The number of nitrogens with one attached hydrogen (secondary N) is 1. The van der Waals surface area contributed by atoms with E-state index in [0.717, 1.165) is 5.56 Å². The number of aromatic nitrogens is 2. The summed E-state index contributed by atoms with van der Waals surface area (Å²) in [6, 6.07) is 12.9. The summed E-state index contributed by atoms with van der Waals surface area (Å²) in [5, 5.41) is 10.5. The van der Waals surface area contributed by atoms with Crippen molar-refractivity contribution in [2.75, 3.05) is 18.5 Å². The predicted octanol–water partition coefficient (Wildman–Crippen LogP) is 4.06. The lowest BCUT2D eigenvalue weighted by atomic mass is 9.87. The van der Waals surface area contributed by atoms with Gasteiger partial charge in [-0.2, -0.15) is 0 Å². The molecule has 2 aromatic carbocycles. The summed E-state index contributed by atoms with van der Waals surface area (Å²) in [7, 11) is 0. The van der Waals surface area contributed by atoms with Crippen LogP contribution in [0.3, 0.4) is 0 Å². The fourth-order valence-electron chi connectivity index (χ4n) is 2.86. The van der Waals surface area contributed by atoms with Crippen molar-refractivity contribution in [1.29, 1.82) is 0 Å². The van der Waals surface area contributed by atoms with Crippen molar-refractivity contribution in [3.63, 3.8) is 0 Å². The average molecular weight is 379 g/mol. The number of benzene rings is 2. The van der Waals surface area contributed by atoms with Crippen molar-refractivity contribution < 1.29 is 18.7 Å². The molecule has 2 heterocycles. The van der Waals surface area contributed by atoms with Crippen LogP contribution >= 0.6 is 0 Å². The molecule has 144 valence electrons.